The number of hydrogen-bond acceptors (Lipinski definition) is 9. The van der Waals surface area contributed by atoms with Crippen LogP contribution in [0.4, 0.5) is 9.52 Å². The predicted octanol–water partition coefficient (Wildman–Crippen LogP) is 6.39. The maximum absolute atomic E-state index is 13.5. The van der Waals surface area contributed by atoms with Gasteiger partial charge in [0.25, 0.3) is 5.78 Å². The number of Topliss-reactive ketones (excluding diaryl/α,β-unsaturated/α-hetero) is 1. The first-order chi connectivity index (χ1) is 19.9. The van der Waals surface area contributed by atoms with Gasteiger partial charge in [0.2, 0.25) is 5.13 Å². The number of methoxy groups -OCH3 is 1. The fraction of sp³-hybridized carbons (Fsp3) is 0.200. The van der Waals surface area contributed by atoms with E-state index in [9.17, 15) is 19.1 Å². The van der Waals surface area contributed by atoms with Crippen LogP contribution in [0, 0.1) is 5.82 Å². The standard InChI is InChI=1S/C30H26FN3O5S2/c1-3-15-39-23-6-4-5-20(16-23)25-24(26(35)19-9-13-22(38-2)14-10-19)27(36)28(37)34(25)29-32-33-30(41-29)40-17-18-7-11-21(31)12-8-18/h4-14,16,25,35H,3,15,17H2,1-2H3/b26-24+. The molecule has 1 amide bonds. The second-order valence-electron chi connectivity index (χ2n) is 9.08. The van der Waals surface area contributed by atoms with Crippen molar-refractivity contribution < 1.29 is 28.6 Å². The number of aromatic nitrogens is 2. The van der Waals surface area contributed by atoms with E-state index in [-0.39, 0.29) is 22.3 Å². The SMILES string of the molecule is CCCOc1cccc(C2/C(=C(\O)c3ccc(OC)cc3)C(=O)C(=O)N2c2nnc(SCc3ccc(F)cc3)s2)c1. The second-order valence-corrected chi connectivity index (χ2v) is 11.3. The number of aliphatic hydroxyl groups is 1. The molecule has 0 saturated carbocycles. The molecular formula is C30H26FN3O5S2. The van der Waals surface area contributed by atoms with Crippen LogP contribution in [0.15, 0.2) is 82.7 Å². The molecule has 8 nitrogen and oxygen atoms in total. The number of anilines is 1. The fourth-order valence-corrected chi connectivity index (χ4v) is 6.15. The Bertz CT molecular complexity index is 1590. The van der Waals surface area contributed by atoms with Gasteiger partial charge in [-0.1, -0.05) is 54.3 Å². The van der Waals surface area contributed by atoms with Gasteiger partial charge < -0.3 is 14.6 Å². The van der Waals surface area contributed by atoms with E-state index < -0.39 is 17.7 Å². The highest BCUT2D eigenvalue weighted by molar-refractivity contribution is 8.00. The molecule has 2 heterocycles. The van der Waals surface area contributed by atoms with Gasteiger partial charge in [-0.05, 0) is 66.1 Å². The molecular weight excluding hydrogens is 565 g/mol. The number of nitrogens with zero attached hydrogens (tertiary/aromatic N) is 3. The van der Waals surface area contributed by atoms with E-state index in [4.69, 9.17) is 9.47 Å². The number of carbonyl (C=O) groups is 2. The van der Waals surface area contributed by atoms with Crippen molar-refractivity contribution in [2.45, 2.75) is 29.5 Å². The molecule has 1 saturated heterocycles. The summed E-state index contributed by atoms with van der Waals surface area (Å²) in [6, 6.07) is 18.9. The first kappa shape index (κ1) is 28.3. The van der Waals surface area contributed by atoms with E-state index in [1.54, 1.807) is 60.7 Å². The zero-order chi connectivity index (χ0) is 28.9. The fourth-order valence-electron chi connectivity index (χ4n) is 4.33. The largest absolute Gasteiger partial charge is 0.507 e. The van der Waals surface area contributed by atoms with E-state index in [1.807, 2.05) is 6.92 Å². The molecule has 0 aliphatic carbocycles. The van der Waals surface area contributed by atoms with Crippen LogP contribution in [0.1, 0.15) is 36.1 Å². The predicted molar refractivity (Wildman–Crippen MR) is 156 cm³/mol. The molecule has 1 unspecified atom stereocenters. The Morgan fingerprint density at radius 2 is 1.80 bits per heavy atom. The number of rotatable bonds is 10. The minimum Gasteiger partial charge on any atom is -0.507 e. The van der Waals surface area contributed by atoms with Crippen LogP contribution < -0.4 is 14.4 Å². The Morgan fingerprint density at radius 3 is 2.51 bits per heavy atom. The summed E-state index contributed by atoms with van der Waals surface area (Å²) in [7, 11) is 1.53. The van der Waals surface area contributed by atoms with Crippen molar-refractivity contribution in [1.29, 1.82) is 0 Å². The van der Waals surface area contributed by atoms with E-state index in [1.165, 1.54) is 35.9 Å². The maximum Gasteiger partial charge on any atom is 0.301 e. The summed E-state index contributed by atoms with van der Waals surface area (Å²) < 4.78 is 24.8. The highest BCUT2D eigenvalue weighted by atomic mass is 32.2. The lowest BCUT2D eigenvalue weighted by atomic mass is 9.95. The quantitative estimate of drug-likeness (QED) is 0.0744. The van der Waals surface area contributed by atoms with Crippen LogP contribution >= 0.6 is 23.1 Å². The zero-order valence-corrected chi connectivity index (χ0v) is 23.9. The number of carbonyl (C=O) groups excluding carboxylic acids is 2. The molecule has 1 fully saturated rings. The highest BCUT2D eigenvalue weighted by Gasteiger charge is 2.48. The molecule has 1 aliphatic heterocycles. The van der Waals surface area contributed by atoms with Crippen molar-refractivity contribution in [1.82, 2.24) is 10.2 Å². The number of ether oxygens (including phenoxy) is 2. The van der Waals surface area contributed by atoms with Gasteiger partial charge in [0.15, 0.2) is 4.34 Å². The number of aliphatic hydroxyl groups excluding tert-OH is 1. The van der Waals surface area contributed by atoms with Crippen molar-refractivity contribution in [3.8, 4) is 11.5 Å². The van der Waals surface area contributed by atoms with Gasteiger partial charge in [0, 0.05) is 11.3 Å². The van der Waals surface area contributed by atoms with Crippen LogP contribution in [0.3, 0.4) is 0 Å². The molecule has 210 valence electrons. The monoisotopic (exact) mass is 591 g/mol. The Balaban J connectivity index is 1.54. The highest BCUT2D eigenvalue weighted by Crippen LogP contribution is 2.44. The van der Waals surface area contributed by atoms with E-state index in [0.717, 1.165) is 23.3 Å². The summed E-state index contributed by atoms with van der Waals surface area (Å²) in [5, 5.41) is 20.0. The van der Waals surface area contributed by atoms with Crippen LogP contribution in [-0.4, -0.2) is 40.7 Å². The topological polar surface area (TPSA) is 102 Å². The maximum atomic E-state index is 13.5. The minimum absolute atomic E-state index is 0.0662. The summed E-state index contributed by atoms with van der Waals surface area (Å²) >= 11 is 2.54. The molecule has 0 radical (unpaired) electrons. The van der Waals surface area contributed by atoms with Gasteiger partial charge >= 0.3 is 5.91 Å². The third-order valence-corrected chi connectivity index (χ3v) is 8.46. The number of amides is 1. The van der Waals surface area contributed by atoms with Crippen molar-refractivity contribution in [3.05, 3.63) is 101 Å². The Hall–Kier alpha value is -4.22. The average molecular weight is 592 g/mol. The Morgan fingerprint density at radius 1 is 1.05 bits per heavy atom. The number of halogens is 1. The van der Waals surface area contributed by atoms with E-state index >= 15 is 0 Å². The van der Waals surface area contributed by atoms with Gasteiger partial charge in [-0.15, -0.1) is 10.2 Å². The van der Waals surface area contributed by atoms with Gasteiger partial charge in [-0.2, -0.15) is 0 Å². The van der Waals surface area contributed by atoms with Crippen molar-refractivity contribution >= 4 is 45.7 Å². The molecule has 0 bridgehead atoms. The molecule has 1 atom stereocenters. The summed E-state index contributed by atoms with van der Waals surface area (Å²) in [6.07, 6.45) is 0.809. The van der Waals surface area contributed by atoms with Crippen LogP contribution in [0.5, 0.6) is 11.5 Å². The molecule has 41 heavy (non-hydrogen) atoms. The molecule has 1 aromatic heterocycles. The summed E-state index contributed by atoms with van der Waals surface area (Å²) in [4.78, 5) is 28.2. The molecule has 11 heteroatoms. The summed E-state index contributed by atoms with van der Waals surface area (Å²) in [5.41, 5.74) is 1.77. The lowest BCUT2D eigenvalue weighted by molar-refractivity contribution is -0.132. The van der Waals surface area contributed by atoms with Gasteiger partial charge in [-0.25, -0.2) is 4.39 Å². The van der Waals surface area contributed by atoms with Crippen LogP contribution in [0.25, 0.3) is 5.76 Å². The first-order valence-corrected chi connectivity index (χ1v) is 14.6. The zero-order valence-electron chi connectivity index (χ0n) is 22.2. The van der Waals surface area contributed by atoms with E-state index in [2.05, 4.69) is 10.2 Å². The summed E-state index contributed by atoms with van der Waals surface area (Å²) in [6.45, 7) is 2.50. The molecule has 1 N–H and O–H groups in total. The van der Waals surface area contributed by atoms with Crippen molar-refractivity contribution in [3.63, 3.8) is 0 Å². The van der Waals surface area contributed by atoms with Crippen LogP contribution in [-0.2, 0) is 15.3 Å². The van der Waals surface area contributed by atoms with Crippen molar-refractivity contribution in [2.75, 3.05) is 18.6 Å². The smallest absolute Gasteiger partial charge is 0.301 e. The Labute approximate surface area is 244 Å². The van der Waals surface area contributed by atoms with Crippen LogP contribution in [0.2, 0.25) is 0 Å². The van der Waals surface area contributed by atoms with Gasteiger partial charge in [0.1, 0.15) is 23.1 Å². The number of thioether (sulfide) groups is 1. The third kappa shape index (κ3) is 6.10. The molecule has 0 spiro atoms. The number of hydrogen-bond donors (Lipinski definition) is 1. The van der Waals surface area contributed by atoms with Gasteiger partial charge in [0.05, 0.1) is 25.3 Å². The lowest BCUT2D eigenvalue weighted by Crippen LogP contribution is -2.29. The third-order valence-electron chi connectivity index (χ3n) is 6.33. The first-order valence-electron chi connectivity index (χ1n) is 12.8. The van der Waals surface area contributed by atoms with Gasteiger partial charge in [-0.3, -0.25) is 14.5 Å². The molecule has 3 aromatic carbocycles. The van der Waals surface area contributed by atoms with E-state index in [0.29, 0.717) is 39.3 Å². The Kier molecular flexibility index (Phi) is 8.65. The number of benzene rings is 3. The molecule has 4 aromatic rings. The molecule has 5 rings (SSSR count). The normalized spacial score (nSPS) is 16.3. The summed E-state index contributed by atoms with van der Waals surface area (Å²) in [5.74, 6) is -0.605. The molecule has 1 aliphatic rings. The lowest BCUT2D eigenvalue weighted by Gasteiger charge is -2.23. The second kappa shape index (κ2) is 12.5. The average Bonchev–Trinajstić information content (AvgIpc) is 3.57. The minimum atomic E-state index is -0.967. The number of ketones is 1. The van der Waals surface area contributed by atoms with Crippen molar-refractivity contribution in [2.24, 2.45) is 0 Å².